The van der Waals surface area contributed by atoms with Gasteiger partial charge in [-0.1, -0.05) is 43.7 Å². The van der Waals surface area contributed by atoms with Crippen LogP contribution in [0.25, 0.3) is 0 Å². The van der Waals surface area contributed by atoms with E-state index in [-0.39, 0.29) is 11.9 Å². The van der Waals surface area contributed by atoms with Crippen molar-refractivity contribution in [2.24, 2.45) is 17.6 Å². The fourth-order valence-corrected chi connectivity index (χ4v) is 3.08. The molecule has 2 rings (SSSR count). The van der Waals surface area contributed by atoms with Gasteiger partial charge in [-0.25, -0.2) is 0 Å². The van der Waals surface area contributed by atoms with Gasteiger partial charge in [0.15, 0.2) is 0 Å². The molecule has 1 aromatic carbocycles. The summed E-state index contributed by atoms with van der Waals surface area (Å²) < 4.78 is 0. The molecule has 0 spiro atoms. The third kappa shape index (κ3) is 3.60. The second kappa shape index (κ2) is 6.40. The fourth-order valence-electron chi connectivity index (χ4n) is 3.08. The lowest BCUT2D eigenvalue weighted by Crippen LogP contribution is -2.45. The molecule has 1 aliphatic rings. The number of hydrogen-bond acceptors (Lipinski definition) is 2. The molecular weight excluding hydrogens is 248 g/mol. The zero-order valence-electron chi connectivity index (χ0n) is 12.7. The maximum atomic E-state index is 12.3. The summed E-state index contributed by atoms with van der Waals surface area (Å²) in [5.74, 6) is 1.25. The second-order valence-electron chi connectivity index (χ2n) is 6.40. The van der Waals surface area contributed by atoms with Crippen molar-refractivity contribution >= 4 is 5.91 Å². The molecule has 0 saturated heterocycles. The zero-order chi connectivity index (χ0) is 14.7. The van der Waals surface area contributed by atoms with Gasteiger partial charge in [-0.3, -0.25) is 4.79 Å². The number of aryl methyl sites for hydroxylation is 1. The number of rotatable bonds is 3. The van der Waals surface area contributed by atoms with Crippen LogP contribution in [0.4, 0.5) is 0 Å². The molecule has 0 heterocycles. The van der Waals surface area contributed by atoms with Crippen LogP contribution in [0.1, 0.15) is 50.3 Å². The molecule has 1 aliphatic carbocycles. The summed E-state index contributed by atoms with van der Waals surface area (Å²) in [5.41, 5.74) is 8.12. The molecule has 0 radical (unpaired) electrons. The Balaban J connectivity index is 1.95. The van der Waals surface area contributed by atoms with Crippen LogP contribution in [-0.4, -0.2) is 11.9 Å². The van der Waals surface area contributed by atoms with E-state index in [0.717, 1.165) is 17.9 Å². The summed E-state index contributed by atoms with van der Waals surface area (Å²) in [4.78, 5) is 12.3. The maximum Gasteiger partial charge on any atom is 0.241 e. The predicted molar refractivity (Wildman–Crippen MR) is 82.2 cm³/mol. The van der Waals surface area contributed by atoms with Crippen molar-refractivity contribution in [2.75, 3.05) is 0 Å². The minimum absolute atomic E-state index is 0.0553. The third-order valence-electron chi connectivity index (χ3n) is 4.48. The van der Waals surface area contributed by atoms with Gasteiger partial charge in [-0.15, -0.1) is 0 Å². The minimum atomic E-state index is -0.567. The molecule has 0 bridgehead atoms. The Morgan fingerprint density at radius 1 is 1.25 bits per heavy atom. The summed E-state index contributed by atoms with van der Waals surface area (Å²) in [6.07, 6.45) is 3.44. The van der Waals surface area contributed by atoms with Gasteiger partial charge in [0.25, 0.3) is 0 Å². The summed E-state index contributed by atoms with van der Waals surface area (Å²) >= 11 is 0. The number of amides is 1. The SMILES string of the molecule is Cc1ccc(C(N)C(=O)NC2CCC(C)CC2C)cc1. The van der Waals surface area contributed by atoms with Gasteiger partial charge in [0.05, 0.1) is 0 Å². The van der Waals surface area contributed by atoms with E-state index in [0.29, 0.717) is 5.92 Å². The van der Waals surface area contributed by atoms with Crippen LogP contribution in [0.15, 0.2) is 24.3 Å². The van der Waals surface area contributed by atoms with E-state index >= 15 is 0 Å². The molecule has 1 saturated carbocycles. The highest BCUT2D eigenvalue weighted by Crippen LogP contribution is 2.28. The standard InChI is InChI=1S/C17H26N2O/c1-11-4-7-14(8-5-11)16(18)17(20)19-15-9-6-12(2)10-13(15)3/h4-5,7-8,12-13,15-16H,6,9-10,18H2,1-3H3,(H,19,20). The van der Waals surface area contributed by atoms with Gasteiger partial charge in [0.1, 0.15) is 6.04 Å². The smallest absolute Gasteiger partial charge is 0.241 e. The molecule has 3 nitrogen and oxygen atoms in total. The van der Waals surface area contributed by atoms with Crippen molar-refractivity contribution in [3.05, 3.63) is 35.4 Å². The quantitative estimate of drug-likeness (QED) is 0.890. The molecule has 1 amide bonds. The van der Waals surface area contributed by atoms with E-state index in [9.17, 15) is 4.79 Å². The topological polar surface area (TPSA) is 55.1 Å². The van der Waals surface area contributed by atoms with Crippen molar-refractivity contribution in [1.29, 1.82) is 0 Å². The first kappa shape index (κ1) is 15.0. The molecule has 4 atom stereocenters. The average molecular weight is 274 g/mol. The molecule has 1 fully saturated rings. The highest BCUT2D eigenvalue weighted by Gasteiger charge is 2.28. The van der Waals surface area contributed by atoms with Crippen molar-refractivity contribution in [3.63, 3.8) is 0 Å². The Labute approximate surface area is 121 Å². The predicted octanol–water partition coefficient (Wildman–Crippen LogP) is 2.94. The zero-order valence-corrected chi connectivity index (χ0v) is 12.7. The third-order valence-corrected chi connectivity index (χ3v) is 4.48. The van der Waals surface area contributed by atoms with Crippen LogP contribution in [0.3, 0.4) is 0 Å². The first-order valence-electron chi connectivity index (χ1n) is 7.60. The highest BCUT2D eigenvalue weighted by atomic mass is 16.2. The largest absolute Gasteiger partial charge is 0.351 e. The Morgan fingerprint density at radius 3 is 2.50 bits per heavy atom. The van der Waals surface area contributed by atoms with Gasteiger partial charge in [0.2, 0.25) is 5.91 Å². The number of nitrogens with one attached hydrogen (secondary N) is 1. The lowest BCUT2D eigenvalue weighted by molar-refractivity contribution is -0.123. The van der Waals surface area contributed by atoms with Crippen LogP contribution in [-0.2, 0) is 4.79 Å². The van der Waals surface area contributed by atoms with Crippen molar-refractivity contribution in [3.8, 4) is 0 Å². The van der Waals surface area contributed by atoms with E-state index in [1.54, 1.807) is 0 Å². The van der Waals surface area contributed by atoms with Gasteiger partial charge in [0, 0.05) is 6.04 Å². The Hall–Kier alpha value is -1.35. The molecule has 3 N–H and O–H groups in total. The monoisotopic (exact) mass is 274 g/mol. The summed E-state index contributed by atoms with van der Waals surface area (Å²) in [7, 11) is 0. The van der Waals surface area contributed by atoms with E-state index in [1.165, 1.54) is 18.4 Å². The first-order chi connectivity index (χ1) is 9.47. The molecular formula is C17H26N2O. The van der Waals surface area contributed by atoms with Gasteiger partial charge in [-0.2, -0.15) is 0 Å². The molecule has 0 aromatic heterocycles. The van der Waals surface area contributed by atoms with Crippen LogP contribution in [0, 0.1) is 18.8 Å². The van der Waals surface area contributed by atoms with E-state index in [1.807, 2.05) is 31.2 Å². The van der Waals surface area contributed by atoms with Crippen LogP contribution < -0.4 is 11.1 Å². The Bertz CT molecular complexity index is 455. The number of carbonyl (C=O) groups excluding carboxylic acids is 1. The van der Waals surface area contributed by atoms with Crippen LogP contribution in [0.2, 0.25) is 0 Å². The van der Waals surface area contributed by atoms with Crippen molar-refractivity contribution in [2.45, 2.75) is 52.1 Å². The molecule has 1 aromatic rings. The van der Waals surface area contributed by atoms with Crippen molar-refractivity contribution in [1.82, 2.24) is 5.32 Å². The average Bonchev–Trinajstić information content (AvgIpc) is 2.42. The first-order valence-corrected chi connectivity index (χ1v) is 7.60. The minimum Gasteiger partial charge on any atom is -0.351 e. The normalized spacial score (nSPS) is 27.9. The highest BCUT2D eigenvalue weighted by molar-refractivity contribution is 5.83. The summed E-state index contributed by atoms with van der Waals surface area (Å²) in [5, 5.41) is 3.14. The van der Waals surface area contributed by atoms with E-state index in [2.05, 4.69) is 19.2 Å². The fraction of sp³-hybridized carbons (Fsp3) is 0.588. The van der Waals surface area contributed by atoms with Gasteiger partial charge >= 0.3 is 0 Å². The number of hydrogen-bond donors (Lipinski definition) is 2. The molecule has 3 heteroatoms. The number of nitrogens with two attached hydrogens (primary N) is 1. The van der Waals surface area contributed by atoms with Gasteiger partial charge in [-0.05, 0) is 43.6 Å². The lowest BCUT2D eigenvalue weighted by Gasteiger charge is -2.33. The molecule has 20 heavy (non-hydrogen) atoms. The summed E-state index contributed by atoms with van der Waals surface area (Å²) in [6, 6.07) is 7.57. The molecule has 4 unspecified atom stereocenters. The van der Waals surface area contributed by atoms with E-state index < -0.39 is 6.04 Å². The van der Waals surface area contributed by atoms with Gasteiger partial charge < -0.3 is 11.1 Å². The lowest BCUT2D eigenvalue weighted by atomic mass is 9.80. The van der Waals surface area contributed by atoms with Crippen molar-refractivity contribution < 1.29 is 4.79 Å². The second-order valence-corrected chi connectivity index (χ2v) is 6.40. The van der Waals surface area contributed by atoms with E-state index in [4.69, 9.17) is 5.73 Å². The number of benzene rings is 1. The summed E-state index contributed by atoms with van der Waals surface area (Å²) in [6.45, 7) is 6.53. The Morgan fingerprint density at radius 2 is 1.90 bits per heavy atom. The maximum absolute atomic E-state index is 12.3. The van der Waals surface area contributed by atoms with Crippen LogP contribution >= 0.6 is 0 Å². The molecule has 110 valence electrons. The number of carbonyl (C=O) groups is 1. The Kier molecular flexibility index (Phi) is 4.81. The molecule has 0 aliphatic heterocycles. The van der Waals surface area contributed by atoms with Crippen LogP contribution in [0.5, 0.6) is 0 Å².